The van der Waals surface area contributed by atoms with Gasteiger partial charge in [0.05, 0.1) is 53.2 Å². The fraction of sp³-hybridized carbons (Fsp3) is 0.375. The molecule has 0 radical (unpaired) electrons. The molecule has 5 rings (SSSR count). The number of nitrogens with zero attached hydrogens (tertiary/aromatic N) is 5. The summed E-state index contributed by atoms with van der Waals surface area (Å²) in [6.45, 7) is 4.53. The van der Waals surface area contributed by atoms with Gasteiger partial charge in [-0.1, -0.05) is 0 Å². The number of quaternary nitrogens is 1. The van der Waals surface area contributed by atoms with Gasteiger partial charge in [-0.3, -0.25) is 14.0 Å². The van der Waals surface area contributed by atoms with Crippen molar-refractivity contribution < 1.29 is 23.2 Å². The van der Waals surface area contributed by atoms with Gasteiger partial charge < -0.3 is 24.8 Å². The number of aryl methyl sites for hydroxylation is 1. The van der Waals surface area contributed by atoms with Gasteiger partial charge in [0.2, 0.25) is 5.91 Å². The second-order valence-corrected chi connectivity index (χ2v) is 12.0. The highest BCUT2D eigenvalue weighted by molar-refractivity contribution is 5.96. The summed E-state index contributed by atoms with van der Waals surface area (Å²) in [5.74, 6) is 0.245. The number of hydrogen-bond donors (Lipinski definition) is 2. The minimum atomic E-state index is -0.451. The van der Waals surface area contributed by atoms with E-state index in [1.54, 1.807) is 30.7 Å². The van der Waals surface area contributed by atoms with E-state index >= 15 is 0 Å². The molecule has 11 heteroatoms. The van der Waals surface area contributed by atoms with Crippen molar-refractivity contribution >= 4 is 29.0 Å². The first-order chi connectivity index (χ1) is 20.5. The maximum Gasteiger partial charge on any atom is 0.254 e. The largest absolute Gasteiger partial charge is 0.494 e. The average Bonchev–Trinajstić information content (AvgIpc) is 3.41. The minimum absolute atomic E-state index is 0.0298. The number of ether oxygens (including phenoxy) is 1. The molecular weight excluding hydrogens is 549 g/mol. The Bertz CT molecular complexity index is 1640. The van der Waals surface area contributed by atoms with E-state index in [9.17, 15) is 14.0 Å². The molecule has 1 aliphatic rings. The molecular formula is C32H39FN7O3+. The zero-order valence-corrected chi connectivity index (χ0v) is 25.4. The maximum atomic E-state index is 14.4. The molecule has 10 nitrogen and oxygen atoms in total. The summed E-state index contributed by atoms with van der Waals surface area (Å²) < 4.78 is 22.0. The predicted octanol–water partition coefficient (Wildman–Crippen LogP) is 4.27. The molecule has 226 valence electrons. The van der Waals surface area contributed by atoms with Crippen molar-refractivity contribution in [3.63, 3.8) is 0 Å². The Morgan fingerprint density at radius 2 is 1.86 bits per heavy atom. The highest BCUT2D eigenvalue weighted by Crippen LogP contribution is 2.29. The fourth-order valence-corrected chi connectivity index (χ4v) is 5.34. The summed E-state index contributed by atoms with van der Waals surface area (Å²) in [6, 6.07) is 10.4. The van der Waals surface area contributed by atoms with Crippen molar-refractivity contribution in [3.8, 4) is 17.0 Å². The number of carbonyl (C=O) groups is 2. The van der Waals surface area contributed by atoms with Crippen LogP contribution >= 0.6 is 0 Å². The van der Waals surface area contributed by atoms with Crippen LogP contribution in [-0.2, 0) is 4.79 Å². The van der Waals surface area contributed by atoms with Crippen LogP contribution in [-0.4, -0.2) is 90.0 Å². The van der Waals surface area contributed by atoms with E-state index in [-0.39, 0.29) is 23.5 Å². The monoisotopic (exact) mass is 588 g/mol. The number of carbonyl (C=O) groups excluding carboxylic acids is 2. The molecule has 4 aromatic rings. The molecule has 2 N–H and O–H groups in total. The lowest BCUT2D eigenvalue weighted by atomic mass is 9.95. The van der Waals surface area contributed by atoms with Gasteiger partial charge in [-0.2, -0.15) is 0 Å². The van der Waals surface area contributed by atoms with Gasteiger partial charge in [0, 0.05) is 48.2 Å². The number of methoxy groups -OCH3 is 1. The molecule has 1 saturated heterocycles. The van der Waals surface area contributed by atoms with E-state index in [0.717, 1.165) is 22.3 Å². The molecule has 2 aromatic carbocycles. The number of nitrogens with one attached hydrogen (secondary N) is 2. The molecule has 1 aliphatic heterocycles. The Labute approximate surface area is 251 Å². The Morgan fingerprint density at radius 1 is 1.09 bits per heavy atom. The van der Waals surface area contributed by atoms with Gasteiger partial charge in [0.15, 0.2) is 23.0 Å². The first-order valence-electron chi connectivity index (χ1n) is 14.4. The van der Waals surface area contributed by atoms with Gasteiger partial charge in [-0.15, -0.1) is 0 Å². The Kier molecular flexibility index (Phi) is 8.63. The van der Waals surface area contributed by atoms with Crippen molar-refractivity contribution in [1.29, 1.82) is 0 Å². The van der Waals surface area contributed by atoms with Gasteiger partial charge in [0.1, 0.15) is 0 Å². The van der Waals surface area contributed by atoms with Crippen molar-refractivity contribution in [2.75, 3.05) is 59.7 Å². The number of fused-ring (bicyclic) bond motifs is 1. The van der Waals surface area contributed by atoms with Gasteiger partial charge >= 0.3 is 0 Å². The van der Waals surface area contributed by atoms with Crippen molar-refractivity contribution in [1.82, 2.24) is 24.6 Å². The van der Waals surface area contributed by atoms with Crippen molar-refractivity contribution in [2.45, 2.75) is 19.8 Å². The molecule has 0 saturated carbocycles. The van der Waals surface area contributed by atoms with Crippen LogP contribution in [0.1, 0.15) is 28.8 Å². The van der Waals surface area contributed by atoms with Crippen LogP contribution in [0.4, 0.5) is 15.9 Å². The predicted molar refractivity (Wildman–Crippen MR) is 164 cm³/mol. The smallest absolute Gasteiger partial charge is 0.254 e. The van der Waals surface area contributed by atoms with E-state index in [1.165, 1.54) is 13.2 Å². The normalized spacial score (nSPS) is 14.1. The maximum absolute atomic E-state index is 14.4. The van der Waals surface area contributed by atoms with E-state index < -0.39 is 5.82 Å². The van der Waals surface area contributed by atoms with Gasteiger partial charge in [-0.25, -0.2) is 14.4 Å². The molecule has 2 aromatic heterocycles. The quantitative estimate of drug-likeness (QED) is 0.283. The number of anilines is 2. The highest BCUT2D eigenvalue weighted by atomic mass is 19.1. The highest BCUT2D eigenvalue weighted by Gasteiger charge is 2.28. The lowest BCUT2D eigenvalue weighted by Crippen LogP contribution is -2.46. The summed E-state index contributed by atoms with van der Waals surface area (Å²) in [5.41, 5.74) is 4.18. The second kappa shape index (κ2) is 12.4. The lowest BCUT2D eigenvalue weighted by Gasteiger charge is -2.32. The number of benzene rings is 2. The Hall–Kier alpha value is -4.51. The fourth-order valence-electron chi connectivity index (χ4n) is 5.34. The minimum Gasteiger partial charge on any atom is -0.494 e. The van der Waals surface area contributed by atoms with Crippen LogP contribution in [0.15, 0.2) is 55.0 Å². The molecule has 0 atom stereocenters. The van der Waals surface area contributed by atoms with Crippen LogP contribution in [0.5, 0.6) is 5.75 Å². The first kappa shape index (κ1) is 30.0. The SMILES string of the molecule is COc1ccc(-c2cnc3c(Nc4ccc(C(=O)N5CCC(C(=O)NCC[N+](C)(C)C)CC5)c(C)c4)nccn23)cc1F. The number of piperidine rings is 1. The van der Waals surface area contributed by atoms with Gasteiger partial charge in [-0.05, 0) is 61.7 Å². The molecule has 0 bridgehead atoms. The van der Waals surface area contributed by atoms with Crippen LogP contribution < -0.4 is 15.4 Å². The number of imidazole rings is 1. The molecule has 0 spiro atoms. The number of halogens is 1. The standard InChI is InChI=1S/C32H38FN7O3/c1-21-18-24(7-8-25(21)32(42)38-14-10-22(11-15-38)31(41)35-13-17-40(2,3)4)37-29-30-36-20-27(39(30)16-12-34-29)23-6-9-28(43-5)26(33)19-23/h6-9,12,16,18-20,22H,10-11,13-15,17H2,1-5H3,(H-,34,35,37,41,42)/p+1. The van der Waals surface area contributed by atoms with E-state index in [1.807, 2.05) is 34.4 Å². The summed E-state index contributed by atoms with van der Waals surface area (Å²) in [5, 5.41) is 6.36. The van der Waals surface area contributed by atoms with Gasteiger partial charge in [0.25, 0.3) is 5.91 Å². The van der Waals surface area contributed by atoms with E-state index in [2.05, 4.69) is 41.7 Å². The Balaban J connectivity index is 1.24. The Morgan fingerprint density at radius 3 is 2.53 bits per heavy atom. The number of hydrogen-bond acceptors (Lipinski definition) is 6. The zero-order valence-electron chi connectivity index (χ0n) is 25.4. The molecule has 0 aliphatic carbocycles. The van der Waals surface area contributed by atoms with E-state index in [0.29, 0.717) is 60.8 Å². The molecule has 0 unspecified atom stereocenters. The third-order valence-corrected chi connectivity index (χ3v) is 7.83. The summed E-state index contributed by atoms with van der Waals surface area (Å²) in [7, 11) is 7.73. The number of aromatic nitrogens is 3. The summed E-state index contributed by atoms with van der Waals surface area (Å²) in [4.78, 5) is 36.8. The van der Waals surface area contributed by atoms with E-state index in [4.69, 9.17) is 4.74 Å². The van der Waals surface area contributed by atoms with Crippen LogP contribution in [0.25, 0.3) is 16.9 Å². The second-order valence-electron chi connectivity index (χ2n) is 12.0. The molecule has 43 heavy (non-hydrogen) atoms. The molecule has 3 heterocycles. The third-order valence-electron chi connectivity index (χ3n) is 7.83. The van der Waals surface area contributed by atoms with Crippen molar-refractivity contribution in [3.05, 3.63) is 71.9 Å². The van der Waals surface area contributed by atoms with Crippen LogP contribution in [0, 0.1) is 18.7 Å². The summed E-state index contributed by atoms with van der Waals surface area (Å²) >= 11 is 0. The first-order valence-corrected chi connectivity index (χ1v) is 14.4. The van der Waals surface area contributed by atoms with Crippen LogP contribution in [0.3, 0.4) is 0 Å². The summed E-state index contributed by atoms with van der Waals surface area (Å²) in [6.07, 6.45) is 6.42. The number of likely N-dealkylation sites (N-methyl/N-ethyl adjacent to an activating group) is 1. The zero-order chi connectivity index (χ0) is 30.7. The number of likely N-dealkylation sites (tertiary alicyclic amines) is 1. The number of amides is 2. The van der Waals surface area contributed by atoms with Crippen molar-refractivity contribution in [2.24, 2.45) is 5.92 Å². The topological polar surface area (TPSA) is 101 Å². The van der Waals surface area contributed by atoms with Crippen LogP contribution in [0.2, 0.25) is 0 Å². The average molecular weight is 589 g/mol. The molecule has 1 fully saturated rings. The number of rotatable bonds is 9. The molecule has 2 amide bonds. The lowest BCUT2D eigenvalue weighted by molar-refractivity contribution is -0.869. The third kappa shape index (κ3) is 6.77.